The minimum absolute atomic E-state index is 0.705. The topological polar surface area (TPSA) is 26.3 Å². The normalized spacial score (nSPS) is 11.2. The first kappa shape index (κ1) is 15.9. The third kappa shape index (κ3) is 13.9. The molecule has 0 saturated heterocycles. The Bertz CT molecular complexity index is 126. The molecule has 16 heavy (non-hydrogen) atoms. The molecule has 0 aromatic carbocycles. The molecule has 0 atom stereocenters. The molecule has 0 heterocycles. The van der Waals surface area contributed by atoms with Crippen molar-refractivity contribution in [3.8, 4) is 0 Å². The van der Waals surface area contributed by atoms with Gasteiger partial charge in [0.25, 0.3) is 0 Å². The molecule has 0 aliphatic carbocycles. The van der Waals surface area contributed by atoms with E-state index in [1.807, 2.05) is 0 Å². The minimum Gasteiger partial charge on any atom is -0.785 e. The van der Waals surface area contributed by atoms with Crippen LogP contribution >= 0.6 is 0 Å². The van der Waals surface area contributed by atoms with Gasteiger partial charge in [-0.15, -0.1) is 0 Å². The van der Waals surface area contributed by atoms with Crippen LogP contribution in [-0.2, 0) is 0 Å². The van der Waals surface area contributed by atoms with Gasteiger partial charge in [-0.1, -0.05) is 71.1 Å². The van der Waals surface area contributed by atoms with Crippen molar-refractivity contribution in [3.05, 3.63) is 5.21 Å². The molecular weight excluding hydrogens is 198 g/mol. The SMILES string of the molecule is CCCCCCCCCCCCCN(C)[O-]. The summed E-state index contributed by atoms with van der Waals surface area (Å²) in [5.41, 5.74) is 0. The highest BCUT2D eigenvalue weighted by Crippen LogP contribution is 2.11. The number of hydroxylamine groups is 2. The lowest BCUT2D eigenvalue weighted by Gasteiger charge is -2.21. The highest BCUT2D eigenvalue weighted by Gasteiger charge is 1.92. The predicted molar refractivity (Wildman–Crippen MR) is 72.5 cm³/mol. The molecule has 0 aliphatic rings. The molecule has 0 spiro atoms. The van der Waals surface area contributed by atoms with Crippen molar-refractivity contribution in [1.82, 2.24) is 5.06 Å². The number of nitrogens with zero attached hydrogens (tertiary/aromatic N) is 1. The van der Waals surface area contributed by atoms with Crippen LogP contribution in [0.2, 0.25) is 0 Å². The van der Waals surface area contributed by atoms with Crippen molar-refractivity contribution >= 4 is 0 Å². The number of hydrogen-bond acceptors (Lipinski definition) is 2. The van der Waals surface area contributed by atoms with Gasteiger partial charge in [-0.2, -0.15) is 0 Å². The lowest BCUT2D eigenvalue weighted by atomic mass is 10.1. The van der Waals surface area contributed by atoms with E-state index in [4.69, 9.17) is 0 Å². The van der Waals surface area contributed by atoms with Crippen LogP contribution < -0.4 is 0 Å². The molecule has 2 heteroatoms. The van der Waals surface area contributed by atoms with Gasteiger partial charge in [0.2, 0.25) is 0 Å². The second-order valence-corrected chi connectivity index (χ2v) is 4.89. The van der Waals surface area contributed by atoms with Crippen LogP contribution in [0.4, 0.5) is 0 Å². The van der Waals surface area contributed by atoms with Gasteiger partial charge in [0.1, 0.15) is 0 Å². The van der Waals surface area contributed by atoms with Gasteiger partial charge in [-0.3, -0.25) is 0 Å². The Morgan fingerprint density at radius 2 is 1.06 bits per heavy atom. The van der Waals surface area contributed by atoms with Crippen molar-refractivity contribution in [2.75, 3.05) is 13.6 Å². The van der Waals surface area contributed by atoms with Crippen LogP contribution in [-0.4, -0.2) is 18.7 Å². The molecule has 0 unspecified atom stereocenters. The minimum atomic E-state index is 0.705. The Hall–Kier alpha value is -0.0800. The van der Waals surface area contributed by atoms with Gasteiger partial charge in [0.05, 0.1) is 0 Å². The molecule has 0 aromatic heterocycles. The summed E-state index contributed by atoms with van der Waals surface area (Å²) in [4.78, 5) is 0. The molecule has 0 bridgehead atoms. The fraction of sp³-hybridized carbons (Fsp3) is 1.00. The zero-order chi connectivity index (χ0) is 12.1. The lowest BCUT2D eigenvalue weighted by molar-refractivity contribution is 0.430. The summed E-state index contributed by atoms with van der Waals surface area (Å²) in [5, 5.41) is 11.7. The largest absolute Gasteiger partial charge is 0.785 e. The standard InChI is InChI=1S/C14H30NO/c1-3-4-5-6-7-8-9-10-11-12-13-14-15(2)16/h3-14H2,1-2H3/q-1. The van der Waals surface area contributed by atoms with Crippen molar-refractivity contribution < 1.29 is 0 Å². The van der Waals surface area contributed by atoms with Gasteiger partial charge >= 0.3 is 0 Å². The van der Waals surface area contributed by atoms with E-state index in [0.29, 0.717) is 6.54 Å². The predicted octanol–water partition coefficient (Wildman–Crippen LogP) is 4.73. The Kier molecular flexibility index (Phi) is 12.9. The maximum absolute atomic E-state index is 10.6. The Labute approximate surface area is 102 Å². The second-order valence-electron chi connectivity index (χ2n) is 4.89. The molecule has 0 fully saturated rings. The summed E-state index contributed by atoms with van der Waals surface area (Å²) in [6.07, 6.45) is 14.8. The molecule has 0 N–H and O–H groups in total. The smallest absolute Gasteiger partial charge is 0.0147 e. The third-order valence-electron chi connectivity index (χ3n) is 3.08. The van der Waals surface area contributed by atoms with Crippen LogP contribution in [0, 0.1) is 5.21 Å². The molecule has 0 radical (unpaired) electrons. The first-order valence-electron chi connectivity index (χ1n) is 7.15. The van der Waals surface area contributed by atoms with Gasteiger partial charge in [-0.05, 0) is 20.0 Å². The average Bonchev–Trinajstić information content (AvgIpc) is 2.25. The maximum atomic E-state index is 10.6. The second kappa shape index (κ2) is 13.0. The van der Waals surface area contributed by atoms with E-state index in [2.05, 4.69) is 6.92 Å². The van der Waals surface area contributed by atoms with Crippen LogP contribution in [0.1, 0.15) is 77.6 Å². The fourth-order valence-corrected chi connectivity index (χ4v) is 2.00. The van der Waals surface area contributed by atoms with E-state index in [9.17, 15) is 5.21 Å². The highest BCUT2D eigenvalue weighted by atomic mass is 16.5. The zero-order valence-corrected chi connectivity index (χ0v) is 11.3. The van der Waals surface area contributed by atoms with Crippen LogP contribution in [0.25, 0.3) is 0 Å². The molecule has 0 aliphatic heterocycles. The van der Waals surface area contributed by atoms with Gasteiger partial charge in [-0.25, -0.2) is 0 Å². The summed E-state index contributed by atoms with van der Waals surface area (Å²) in [6, 6.07) is 0. The Morgan fingerprint density at radius 1 is 0.688 bits per heavy atom. The third-order valence-corrected chi connectivity index (χ3v) is 3.08. The maximum Gasteiger partial charge on any atom is -0.0147 e. The van der Waals surface area contributed by atoms with E-state index >= 15 is 0 Å². The summed E-state index contributed by atoms with van der Waals surface area (Å²) < 4.78 is 0. The summed E-state index contributed by atoms with van der Waals surface area (Å²) in [6.45, 7) is 2.97. The molecular formula is C14H30NO-. The molecule has 0 saturated carbocycles. The Balaban J connectivity index is 2.88. The quantitative estimate of drug-likeness (QED) is 0.356. The van der Waals surface area contributed by atoms with E-state index in [0.717, 1.165) is 11.5 Å². The molecule has 0 aromatic rings. The van der Waals surface area contributed by atoms with E-state index in [-0.39, 0.29) is 0 Å². The first-order chi connectivity index (χ1) is 7.77. The highest BCUT2D eigenvalue weighted by molar-refractivity contribution is 4.51. The van der Waals surface area contributed by atoms with Gasteiger partial charge < -0.3 is 10.3 Å². The summed E-state index contributed by atoms with van der Waals surface area (Å²) >= 11 is 0. The number of unbranched alkanes of at least 4 members (excludes halogenated alkanes) is 10. The number of rotatable bonds is 12. The fourth-order valence-electron chi connectivity index (χ4n) is 2.00. The van der Waals surface area contributed by atoms with Crippen molar-refractivity contribution in [2.45, 2.75) is 77.6 Å². The number of hydrogen-bond donors (Lipinski definition) is 0. The summed E-state index contributed by atoms with van der Waals surface area (Å²) in [7, 11) is 1.61. The molecule has 0 rings (SSSR count). The van der Waals surface area contributed by atoms with Crippen LogP contribution in [0.5, 0.6) is 0 Å². The van der Waals surface area contributed by atoms with Gasteiger partial charge in [0.15, 0.2) is 0 Å². The van der Waals surface area contributed by atoms with Crippen molar-refractivity contribution in [3.63, 3.8) is 0 Å². The van der Waals surface area contributed by atoms with Crippen LogP contribution in [0.3, 0.4) is 0 Å². The van der Waals surface area contributed by atoms with E-state index < -0.39 is 0 Å². The lowest BCUT2D eigenvalue weighted by Crippen LogP contribution is -2.10. The monoisotopic (exact) mass is 228 g/mol. The Morgan fingerprint density at radius 3 is 1.44 bits per heavy atom. The van der Waals surface area contributed by atoms with E-state index in [1.165, 1.54) is 64.2 Å². The van der Waals surface area contributed by atoms with E-state index in [1.54, 1.807) is 7.05 Å². The first-order valence-corrected chi connectivity index (χ1v) is 7.15. The average molecular weight is 228 g/mol. The van der Waals surface area contributed by atoms with Crippen LogP contribution in [0.15, 0.2) is 0 Å². The van der Waals surface area contributed by atoms with Crippen molar-refractivity contribution in [1.29, 1.82) is 0 Å². The van der Waals surface area contributed by atoms with Gasteiger partial charge in [0, 0.05) is 0 Å². The summed E-state index contributed by atoms with van der Waals surface area (Å²) in [5.74, 6) is 0. The molecule has 0 amide bonds. The molecule has 98 valence electrons. The zero-order valence-electron chi connectivity index (χ0n) is 11.3. The van der Waals surface area contributed by atoms with Crippen molar-refractivity contribution in [2.24, 2.45) is 0 Å². The molecule has 2 nitrogen and oxygen atoms in total.